The molecule has 0 saturated carbocycles. The van der Waals surface area contributed by atoms with Crippen LogP contribution in [-0.4, -0.2) is 24.6 Å². The number of ether oxygens (including phenoxy) is 1. The van der Waals surface area contributed by atoms with Crippen molar-refractivity contribution in [3.05, 3.63) is 24.0 Å². The average Bonchev–Trinajstić information content (AvgIpc) is 2.06. The molecule has 74 valence electrons. The summed E-state index contributed by atoms with van der Waals surface area (Å²) in [6, 6.07) is 3.45. The summed E-state index contributed by atoms with van der Waals surface area (Å²) in [7, 11) is 0. The molecular formula is C7H3BrF4MgO. The molecule has 0 aliphatic heterocycles. The molecule has 0 atom stereocenters. The number of hydrogen-bond acceptors (Lipinski definition) is 1. The lowest BCUT2D eigenvalue weighted by atomic mass is 10.3. The highest BCUT2D eigenvalue weighted by atomic mass is 79.9. The van der Waals surface area contributed by atoms with Crippen LogP contribution >= 0.6 is 12.9 Å². The molecule has 1 nitrogen and oxygen atoms in total. The molecule has 0 aliphatic carbocycles. The van der Waals surface area contributed by atoms with E-state index in [2.05, 4.69) is 17.6 Å². The van der Waals surface area contributed by atoms with Crippen molar-refractivity contribution in [1.82, 2.24) is 0 Å². The van der Waals surface area contributed by atoms with Crippen LogP contribution < -0.4 is 8.43 Å². The van der Waals surface area contributed by atoms with E-state index in [4.69, 9.17) is 0 Å². The number of hydrogen-bond donors (Lipinski definition) is 0. The molecule has 7 heteroatoms. The lowest BCUT2D eigenvalue weighted by Crippen LogP contribution is -2.19. The van der Waals surface area contributed by atoms with E-state index in [0.29, 0.717) is 3.69 Å². The molecule has 1 aromatic rings. The first-order valence-corrected chi connectivity index (χ1v) is 8.13. The van der Waals surface area contributed by atoms with E-state index in [9.17, 15) is 17.6 Å². The van der Waals surface area contributed by atoms with Crippen LogP contribution in [0, 0.1) is 5.82 Å². The molecule has 0 amide bonds. The first-order chi connectivity index (χ1) is 6.42. The Labute approximate surface area is 93.0 Å². The topological polar surface area (TPSA) is 9.23 Å². The predicted octanol–water partition coefficient (Wildman–Crippen LogP) is 2.36. The van der Waals surface area contributed by atoms with E-state index in [-0.39, 0.29) is 0 Å². The standard InChI is InChI=1S/C7H3F4O.BrH.Mg/c8-5-3-1-2-4-6(5)12-7(9,10)11;;/h1,3-4H;1H;/q;;+1/p-1. The molecule has 14 heavy (non-hydrogen) atoms. The van der Waals surface area contributed by atoms with Gasteiger partial charge in [0.2, 0.25) is 0 Å². The first kappa shape index (κ1) is 12.1. The van der Waals surface area contributed by atoms with Gasteiger partial charge in [-0.15, -0.1) is 16.9 Å². The van der Waals surface area contributed by atoms with Gasteiger partial charge in [0, 0.05) is 0 Å². The first-order valence-electron chi connectivity index (χ1n) is 3.52. The minimum absolute atomic E-state index is 0.644. The maximum absolute atomic E-state index is 12.8. The quantitative estimate of drug-likeness (QED) is 0.598. The van der Waals surface area contributed by atoms with Crippen LogP contribution in [0.5, 0.6) is 5.75 Å². The number of benzene rings is 1. The zero-order valence-corrected chi connectivity index (χ0v) is 9.74. The van der Waals surface area contributed by atoms with Gasteiger partial charge >= 0.3 is 24.6 Å². The fourth-order valence-corrected chi connectivity index (χ4v) is 2.35. The van der Waals surface area contributed by atoms with Gasteiger partial charge in [-0.3, -0.25) is 12.9 Å². The molecule has 0 N–H and O–H groups in total. The van der Waals surface area contributed by atoms with Crippen molar-refractivity contribution < 1.29 is 22.3 Å². The molecular weight excluding hydrogens is 280 g/mol. The van der Waals surface area contributed by atoms with Crippen molar-refractivity contribution in [2.75, 3.05) is 0 Å². The Bertz CT molecular complexity index is 328. The summed E-state index contributed by atoms with van der Waals surface area (Å²) in [6.07, 6.45) is -4.85. The molecule has 0 radical (unpaired) electrons. The Kier molecular flexibility index (Phi) is 4.02. The molecule has 1 aromatic carbocycles. The highest BCUT2D eigenvalue weighted by Crippen LogP contribution is 2.24. The molecule has 1 rings (SSSR count). The molecule has 0 aliphatic rings. The van der Waals surface area contributed by atoms with Gasteiger partial charge in [-0.05, 0) is 12.1 Å². The fraction of sp³-hybridized carbons (Fsp3) is 0.143. The molecule has 0 spiro atoms. The number of halogens is 5. The third-order valence-electron chi connectivity index (χ3n) is 1.38. The second kappa shape index (κ2) is 4.67. The SMILES string of the molecule is Fc1cc[c]([Mg][Br])cc1OC(F)(F)F. The van der Waals surface area contributed by atoms with Gasteiger partial charge in [0.25, 0.3) is 0 Å². The van der Waals surface area contributed by atoms with Gasteiger partial charge in [-0.2, -0.15) is 0 Å². The normalized spacial score (nSPS) is 10.9. The molecule has 0 unspecified atom stereocenters. The second-order valence-corrected chi connectivity index (χ2v) is 5.21. The Morgan fingerprint density at radius 1 is 1.29 bits per heavy atom. The van der Waals surface area contributed by atoms with Crippen molar-refractivity contribution in [3.8, 4) is 5.75 Å². The largest absolute Gasteiger partial charge is 0.573 e. The predicted molar refractivity (Wildman–Crippen MR) is 47.4 cm³/mol. The van der Waals surface area contributed by atoms with Crippen molar-refractivity contribution in [2.24, 2.45) is 0 Å². The van der Waals surface area contributed by atoms with Gasteiger partial charge < -0.3 is 4.74 Å². The summed E-state index contributed by atoms with van der Waals surface area (Å²) in [5.74, 6) is -1.79. The van der Waals surface area contributed by atoms with E-state index >= 15 is 0 Å². The molecule has 0 bridgehead atoms. The van der Waals surface area contributed by atoms with Crippen molar-refractivity contribution in [1.29, 1.82) is 0 Å². The van der Waals surface area contributed by atoms with Gasteiger partial charge in [0.15, 0.2) is 11.6 Å². The third kappa shape index (κ3) is 3.62. The van der Waals surface area contributed by atoms with Gasteiger partial charge in [0.05, 0.1) is 0 Å². The third-order valence-corrected chi connectivity index (χ3v) is 4.07. The van der Waals surface area contributed by atoms with Crippen LogP contribution in [0.2, 0.25) is 0 Å². The monoisotopic (exact) mass is 282 g/mol. The van der Waals surface area contributed by atoms with Crippen molar-refractivity contribution >= 4 is 34.8 Å². The minimum atomic E-state index is -4.85. The van der Waals surface area contributed by atoms with E-state index in [1.54, 1.807) is 0 Å². The van der Waals surface area contributed by atoms with Gasteiger partial charge in [-0.1, -0.05) is 6.07 Å². The zero-order valence-electron chi connectivity index (χ0n) is 6.74. The maximum Gasteiger partial charge on any atom is 0.573 e. The van der Waals surface area contributed by atoms with Crippen molar-refractivity contribution in [2.45, 2.75) is 6.36 Å². The summed E-state index contributed by atoms with van der Waals surface area (Å²) in [5, 5.41) is 0. The van der Waals surface area contributed by atoms with Crippen LogP contribution in [0.3, 0.4) is 0 Å². The molecule has 0 heterocycles. The average molecular weight is 283 g/mol. The second-order valence-electron chi connectivity index (χ2n) is 2.45. The summed E-state index contributed by atoms with van der Waals surface area (Å²) in [5.41, 5.74) is 0. The lowest BCUT2D eigenvalue weighted by Gasteiger charge is -2.10. The van der Waals surface area contributed by atoms with Crippen LogP contribution in [0.4, 0.5) is 17.6 Å². The van der Waals surface area contributed by atoms with E-state index in [0.717, 1.165) is 12.1 Å². The Balaban J connectivity index is 2.95. The smallest absolute Gasteiger partial charge is 0.403 e. The lowest BCUT2D eigenvalue weighted by molar-refractivity contribution is -0.275. The van der Waals surface area contributed by atoms with Crippen molar-refractivity contribution in [3.63, 3.8) is 0 Å². The summed E-state index contributed by atoms with van der Waals surface area (Å²) in [6.45, 7) is 0. The Morgan fingerprint density at radius 3 is 2.43 bits per heavy atom. The highest BCUT2D eigenvalue weighted by molar-refractivity contribution is 9.23. The summed E-state index contributed by atoms with van der Waals surface area (Å²) >= 11 is 2.37. The molecule has 0 saturated heterocycles. The Morgan fingerprint density at radius 2 is 1.93 bits per heavy atom. The van der Waals surface area contributed by atoms with Crippen LogP contribution in [0.25, 0.3) is 0 Å². The molecule has 0 aromatic heterocycles. The Hall–Kier alpha value is -0.0138. The zero-order chi connectivity index (χ0) is 10.8. The van der Waals surface area contributed by atoms with E-state index in [1.165, 1.54) is 6.07 Å². The van der Waals surface area contributed by atoms with Gasteiger partial charge in [0.1, 0.15) is 0 Å². The van der Waals surface area contributed by atoms with Crippen LogP contribution in [0.1, 0.15) is 0 Å². The maximum atomic E-state index is 12.8. The number of rotatable bonds is 2. The van der Waals surface area contributed by atoms with Gasteiger partial charge in [-0.25, -0.2) is 4.39 Å². The highest BCUT2D eigenvalue weighted by Gasteiger charge is 2.32. The van der Waals surface area contributed by atoms with Crippen LogP contribution in [0.15, 0.2) is 18.2 Å². The van der Waals surface area contributed by atoms with Crippen LogP contribution in [-0.2, 0) is 0 Å². The van der Waals surface area contributed by atoms with E-state index in [1.807, 2.05) is 0 Å². The number of alkyl halides is 3. The summed E-state index contributed by atoms with van der Waals surface area (Å²) in [4.78, 5) is 0. The summed E-state index contributed by atoms with van der Waals surface area (Å²) < 4.78 is 52.3. The molecule has 0 fully saturated rings. The minimum Gasteiger partial charge on any atom is -0.403 e. The van der Waals surface area contributed by atoms with E-state index < -0.39 is 36.1 Å². The fourth-order valence-electron chi connectivity index (χ4n) is 0.834.